The van der Waals surface area contributed by atoms with Crippen molar-refractivity contribution in [2.75, 3.05) is 11.9 Å². The molecule has 2 aromatic rings. The first-order valence-corrected chi connectivity index (χ1v) is 7.77. The van der Waals surface area contributed by atoms with Crippen LogP contribution in [0, 0.1) is 9.39 Å². The molecule has 1 heterocycles. The molecule has 0 unspecified atom stereocenters. The van der Waals surface area contributed by atoms with E-state index >= 15 is 0 Å². The second kappa shape index (κ2) is 6.67. The summed E-state index contributed by atoms with van der Waals surface area (Å²) in [6.45, 7) is 4.80. The molecule has 6 heteroatoms. The van der Waals surface area contributed by atoms with E-state index in [1.54, 1.807) is 6.07 Å². The second-order valence-corrected chi connectivity index (χ2v) is 5.71. The van der Waals surface area contributed by atoms with E-state index in [0.717, 1.165) is 28.0 Å². The Balaban J connectivity index is 2.58. The summed E-state index contributed by atoms with van der Waals surface area (Å²) in [5.41, 5.74) is 1.52. The molecule has 0 spiro atoms. The lowest BCUT2D eigenvalue weighted by molar-refractivity contribution is 0.628. The highest BCUT2D eigenvalue weighted by Crippen LogP contribution is 2.26. The standard InChI is InChI=1S/C14H14ClFIN3/c1-3-11-12(17)14(18-4-2)20-13(19-11)8-5-9(15)7-10(16)6-8/h5-7H,3-4H2,1-2H3,(H,18,19,20). The van der Waals surface area contributed by atoms with Crippen molar-refractivity contribution in [2.24, 2.45) is 0 Å². The number of anilines is 1. The number of hydrogen-bond donors (Lipinski definition) is 1. The third-order valence-corrected chi connectivity index (χ3v) is 4.07. The van der Waals surface area contributed by atoms with Crippen molar-refractivity contribution in [1.29, 1.82) is 0 Å². The first-order valence-electron chi connectivity index (χ1n) is 6.31. The summed E-state index contributed by atoms with van der Waals surface area (Å²) >= 11 is 8.12. The lowest BCUT2D eigenvalue weighted by Crippen LogP contribution is -2.07. The first kappa shape index (κ1) is 15.4. The van der Waals surface area contributed by atoms with Crippen LogP contribution in [0.3, 0.4) is 0 Å². The van der Waals surface area contributed by atoms with Crippen LogP contribution in [0.2, 0.25) is 5.02 Å². The summed E-state index contributed by atoms with van der Waals surface area (Å²) < 4.78 is 14.5. The Morgan fingerprint density at radius 2 is 2.00 bits per heavy atom. The minimum Gasteiger partial charge on any atom is -0.369 e. The highest BCUT2D eigenvalue weighted by atomic mass is 127. The van der Waals surface area contributed by atoms with Crippen molar-refractivity contribution in [3.63, 3.8) is 0 Å². The number of halogens is 3. The number of nitrogens with zero attached hydrogens (tertiary/aromatic N) is 2. The molecule has 2 rings (SSSR count). The molecular weight excluding hydrogens is 392 g/mol. The van der Waals surface area contributed by atoms with Gasteiger partial charge in [-0.15, -0.1) is 0 Å². The molecule has 3 nitrogen and oxygen atoms in total. The van der Waals surface area contributed by atoms with Crippen LogP contribution in [0.5, 0.6) is 0 Å². The van der Waals surface area contributed by atoms with Crippen LogP contribution in [0.15, 0.2) is 18.2 Å². The summed E-state index contributed by atoms with van der Waals surface area (Å²) in [6.07, 6.45) is 0.787. The molecule has 0 fully saturated rings. The van der Waals surface area contributed by atoms with Gasteiger partial charge in [-0.3, -0.25) is 0 Å². The molecule has 1 N–H and O–H groups in total. The van der Waals surface area contributed by atoms with Crippen LogP contribution < -0.4 is 5.32 Å². The van der Waals surface area contributed by atoms with Gasteiger partial charge in [0, 0.05) is 17.1 Å². The zero-order valence-corrected chi connectivity index (χ0v) is 14.1. The van der Waals surface area contributed by atoms with E-state index in [4.69, 9.17) is 11.6 Å². The average Bonchev–Trinajstić information content (AvgIpc) is 2.40. The third-order valence-electron chi connectivity index (χ3n) is 2.72. The van der Waals surface area contributed by atoms with Gasteiger partial charge >= 0.3 is 0 Å². The molecule has 1 aromatic carbocycles. The zero-order valence-electron chi connectivity index (χ0n) is 11.2. The molecule has 1 aromatic heterocycles. The summed E-state index contributed by atoms with van der Waals surface area (Å²) in [5, 5.41) is 3.54. The Kier molecular flexibility index (Phi) is 5.15. The van der Waals surface area contributed by atoms with Gasteiger partial charge in [-0.05, 0) is 54.1 Å². The van der Waals surface area contributed by atoms with E-state index in [-0.39, 0.29) is 0 Å². The number of benzene rings is 1. The highest BCUT2D eigenvalue weighted by Gasteiger charge is 2.13. The van der Waals surface area contributed by atoms with E-state index in [1.165, 1.54) is 12.1 Å². The summed E-state index contributed by atoms with van der Waals surface area (Å²) in [4.78, 5) is 8.97. The highest BCUT2D eigenvalue weighted by molar-refractivity contribution is 14.1. The van der Waals surface area contributed by atoms with Gasteiger partial charge in [0.25, 0.3) is 0 Å². The van der Waals surface area contributed by atoms with E-state index in [1.807, 2.05) is 13.8 Å². The van der Waals surface area contributed by atoms with E-state index in [0.29, 0.717) is 16.4 Å². The van der Waals surface area contributed by atoms with Crippen LogP contribution >= 0.6 is 34.2 Å². The molecule has 0 atom stereocenters. The SMILES string of the molecule is CCNc1nc(-c2cc(F)cc(Cl)c2)nc(CC)c1I. The Hall–Kier alpha value is -0.950. The van der Waals surface area contributed by atoms with Gasteiger partial charge in [-0.25, -0.2) is 14.4 Å². The number of aryl methyl sites for hydroxylation is 1. The van der Waals surface area contributed by atoms with Crippen LogP contribution in [-0.2, 0) is 6.42 Å². The Bertz CT molecular complexity index is 614. The molecule has 106 valence electrons. The fraction of sp³-hybridized carbons (Fsp3) is 0.286. The van der Waals surface area contributed by atoms with Gasteiger partial charge in [-0.2, -0.15) is 0 Å². The Labute approximate surface area is 136 Å². The maximum Gasteiger partial charge on any atom is 0.161 e. The van der Waals surface area contributed by atoms with Gasteiger partial charge in [0.1, 0.15) is 11.6 Å². The topological polar surface area (TPSA) is 37.8 Å². The number of aromatic nitrogens is 2. The lowest BCUT2D eigenvalue weighted by atomic mass is 10.2. The summed E-state index contributed by atoms with van der Waals surface area (Å²) in [6, 6.07) is 4.33. The van der Waals surface area contributed by atoms with Crippen LogP contribution in [0.25, 0.3) is 11.4 Å². The van der Waals surface area contributed by atoms with Crippen molar-refractivity contribution in [3.05, 3.63) is 38.3 Å². The number of hydrogen-bond acceptors (Lipinski definition) is 3. The molecule has 20 heavy (non-hydrogen) atoms. The summed E-state index contributed by atoms with van der Waals surface area (Å²) in [5.74, 6) is 0.868. The third kappa shape index (κ3) is 3.38. The minimum absolute atomic E-state index is 0.338. The van der Waals surface area contributed by atoms with Crippen molar-refractivity contribution < 1.29 is 4.39 Å². The fourth-order valence-corrected chi connectivity index (χ4v) is 2.86. The average molecular weight is 406 g/mol. The molecule has 0 aliphatic heterocycles. The minimum atomic E-state index is -0.391. The number of nitrogens with one attached hydrogen (secondary N) is 1. The second-order valence-electron chi connectivity index (χ2n) is 4.20. The smallest absolute Gasteiger partial charge is 0.161 e. The molecule has 0 aliphatic rings. The maximum absolute atomic E-state index is 13.5. The lowest BCUT2D eigenvalue weighted by Gasteiger charge is -2.11. The van der Waals surface area contributed by atoms with E-state index in [2.05, 4.69) is 37.9 Å². The largest absolute Gasteiger partial charge is 0.369 e. The Morgan fingerprint density at radius 3 is 2.60 bits per heavy atom. The van der Waals surface area contributed by atoms with E-state index < -0.39 is 5.82 Å². The molecule has 0 radical (unpaired) electrons. The van der Waals surface area contributed by atoms with Gasteiger partial charge < -0.3 is 5.32 Å². The van der Waals surface area contributed by atoms with Crippen LogP contribution in [-0.4, -0.2) is 16.5 Å². The van der Waals surface area contributed by atoms with Gasteiger partial charge in [0.2, 0.25) is 0 Å². The predicted octanol–water partition coefficient (Wildman–Crippen LogP) is 4.53. The number of rotatable bonds is 4. The quantitative estimate of drug-likeness (QED) is 0.759. The van der Waals surface area contributed by atoms with Gasteiger partial charge in [0.05, 0.1) is 9.26 Å². The van der Waals surface area contributed by atoms with Crippen LogP contribution in [0.1, 0.15) is 19.5 Å². The van der Waals surface area contributed by atoms with E-state index in [9.17, 15) is 4.39 Å². The predicted molar refractivity (Wildman–Crippen MR) is 88.7 cm³/mol. The molecule has 0 bridgehead atoms. The molecule has 0 amide bonds. The fourth-order valence-electron chi connectivity index (χ4n) is 1.82. The molecular formula is C14H14ClFIN3. The van der Waals surface area contributed by atoms with Gasteiger partial charge in [-0.1, -0.05) is 18.5 Å². The van der Waals surface area contributed by atoms with Gasteiger partial charge in [0.15, 0.2) is 5.82 Å². The Morgan fingerprint density at radius 1 is 1.25 bits per heavy atom. The normalized spacial score (nSPS) is 10.7. The van der Waals surface area contributed by atoms with Crippen molar-refractivity contribution in [1.82, 2.24) is 9.97 Å². The molecule has 0 saturated carbocycles. The first-order chi connectivity index (χ1) is 9.55. The maximum atomic E-state index is 13.5. The monoisotopic (exact) mass is 405 g/mol. The molecule has 0 saturated heterocycles. The summed E-state index contributed by atoms with van der Waals surface area (Å²) in [7, 11) is 0. The van der Waals surface area contributed by atoms with Crippen molar-refractivity contribution >= 4 is 40.0 Å². The zero-order chi connectivity index (χ0) is 14.7. The molecule has 0 aliphatic carbocycles. The van der Waals surface area contributed by atoms with Crippen LogP contribution in [0.4, 0.5) is 10.2 Å². The van der Waals surface area contributed by atoms with Crippen molar-refractivity contribution in [2.45, 2.75) is 20.3 Å². The van der Waals surface area contributed by atoms with Crippen molar-refractivity contribution in [3.8, 4) is 11.4 Å².